The molecule has 40 valence electrons. The standard InChI is InChI=1S/C5H8IN/c1-4(6)3-5(2)7/h3H,1,7H2,2H3/b5-3+. The first kappa shape index (κ1) is 7.01. The van der Waals surface area contributed by atoms with Gasteiger partial charge in [-0.2, -0.15) is 0 Å². The average molecular weight is 209 g/mol. The second-order valence-corrected chi connectivity index (χ2v) is 2.72. The highest BCUT2D eigenvalue weighted by Gasteiger charge is 1.76. The molecule has 0 radical (unpaired) electrons. The molecule has 0 saturated carbocycles. The predicted octanol–water partition coefficient (Wildman–Crippen LogP) is 1.80. The summed E-state index contributed by atoms with van der Waals surface area (Å²) < 4.78 is 0.970. The molecule has 0 aromatic carbocycles. The third kappa shape index (κ3) is 6.01. The maximum absolute atomic E-state index is 5.29. The van der Waals surface area contributed by atoms with Crippen LogP contribution in [0.1, 0.15) is 6.92 Å². The molecule has 0 saturated heterocycles. The fraction of sp³-hybridized carbons (Fsp3) is 0.200. The summed E-state index contributed by atoms with van der Waals surface area (Å²) in [5, 5.41) is 0. The second-order valence-electron chi connectivity index (χ2n) is 1.34. The van der Waals surface area contributed by atoms with Crippen molar-refractivity contribution in [2.24, 2.45) is 5.73 Å². The topological polar surface area (TPSA) is 26.0 Å². The van der Waals surface area contributed by atoms with Gasteiger partial charge in [-0.1, -0.05) is 6.58 Å². The summed E-state index contributed by atoms with van der Waals surface area (Å²) in [6, 6.07) is 0. The van der Waals surface area contributed by atoms with Gasteiger partial charge in [-0.25, -0.2) is 0 Å². The van der Waals surface area contributed by atoms with Crippen molar-refractivity contribution >= 4 is 22.6 Å². The monoisotopic (exact) mass is 209 g/mol. The average Bonchev–Trinajstić information content (AvgIpc) is 1.27. The molecule has 0 aromatic heterocycles. The molecule has 0 fully saturated rings. The molecule has 0 aliphatic carbocycles. The number of allylic oxidation sites excluding steroid dienone is 3. The van der Waals surface area contributed by atoms with Crippen LogP contribution in [0.4, 0.5) is 0 Å². The van der Waals surface area contributed by atoms with Gasteiger partial charge in [0.1, 0.15) is 0 Å². The first-order valence-electron chi connectivity index (χ1n) is 1.91. The molecule has 0 spiro atoms. The first-order chi connectivity index (χ1) is 3.13. The smallest absolute Gasteiger partial charge is 0.00749 e. The molecule has 0 bridgehead atoms. The zero-order valence-corrected chi connectivity index (χ0v) is 6.40. The molecule has 2 heteroatoms. The van der Waals surface area contributed by atoms with Crippen LogP contribution in [-0.4, -0.2) is 0 Å². The summed E-state index contributed by atoms with van der Waals surface area (Å²) in [6.45, 7) is 5.46. The van der Waals surface area contributed by atoms with E-state index >= 15 is 0 Å². The zero-order chi connectivity index (χ0) is 5.86. The third-order valence-electron chi connectivity index (χ3n) is 0.384. The van der Waals surface area contributed by atoms with Crippen LogP contribution in [0.15, 0.2) is 21.9 Å². The van der Waals surface area contributed by atoms with Gasteiger partial charge in [0, 0.05) is 9.28 Å². The molecule has 0 aliphatic rings. The van der Waals surface area contributed by atoms with Gasteiger partial charge in [-0.05, 0) is 35.6 Å². The number of hydrogen-bond donors (Lipinski definition) is 1. The lowest BCUT2D eigenvalue weighted by Gasteiger charge is -1.84. The highest BCUT2D eigenvalue weighted by Crippen LogP contribution is 2.03. The van der Waals surface area contributed by atoms with Gasteiger partial charge in [0.15, 0.2) is 0 Å². The van der Waals surface area contributed by atoms with E-state index in [2.05, 4.69) is 29.2 Å². The predicted molar refractivity (Wildman–Crippen MR) is 41.1 cm³/mol. The van der Waals surface area contributed by atoms with Crippen molar-refractivity contribution < 1.29 is 0 Å². The number of rotatable bonds is 1. The van der Waals surface area contributed by atoms with Crippen molar-refractivity contribution in [3.05, 3.63) is 21.9 Å². The molecule has 2 N–H and O–H groups in total. The summed E-state index contributed by atoms with van der Waals surface area (Å²) in [7, 11) is 0. The van der Waals surface area contributed by atoms with E-state index in [-0.39, 0.29) is 0 Å². The van der Waals surface area contributed by atoms with Gasteiger partial charge in [-0.15, -0.1) is 0 Å². The van der Waals surface area contributed by atoms with E-state index in [1.807, 2.05) is 13.0 Å². The first-order valence-corrected chi connectivity index (χ1v) is 2.99. The van der Waals surface area contributed by atoms with Crippen LogP contribution in [-0.2, 0) is 0 Å². The molecule has 1 nitrogen and oxygen atoms in total. The Morgan fingerprint density at radius 1 is 1.86 bits per heavy atom. The van der Waals surface area contributed by atoms with E-state index in [1.54, 1.807) is 0 Å². The van der Waals surface area contributed by atoms with Gasteiger partial charge in [0.05, 0.1) is 0 Å². The van der Waals surface area contributed by atoms with E-state index < -0.39 is 0 Å². The van der Waals surface area contributed by atoms with Crippen molar-refractivity contribution in [2.75, 3.05) is 0 Å². The van der Waals surface area contributed by atoms with Gasteiger partial charge >= 0.3 is 0 Å². The van der Waals surface area contributed by atoms with Gasteiger partial charge in [0.2, 0.25) is 0 Å². The molecule has 0 rings (SSSR count). The van der Waals surface area contributed by atoms with Crippen LogP contribution in [0.25, 0.3) is 0 Å². The highest BCUT2D eigenvalue weighted by atomic mass is 127. The molecular weight excluding hydrogens is 201 g/mol. The summed E-state index contributed by atoms with van der Waals surface area (Å²) in [5.41, 5.74) is 6.09. The maximum Gasteiger partial charge on any atom is 0.00749 e. The number of halogens is 1. The third-order valence-corrected chi connectivity index (χ3v) is 0.696. The Bertz CT molecular complexity index is 101. The van der Waals surface area contributed by atoms with Crippen molar-refractivity contribution in [2.45, 2.75) is 6.92 Å². The number of hydrogen-bond acceptors (Lipinski definition) is 1. The fourth-order valence-corrected chi connectivity index (χ4v) is 0.738. The van der Waals surface area contributed by atoms with Crippen molar-refractivity contribution in [1.82, 2.24) is 0 Å². The van der Waals surface area contributed by atoms with E-state index in [0.29, 0.717) is 0 Å². The van der Waals surface area contributed by atoms with Crippen molar-refractivity contribution in [1.29, 1.82) is 0 Å². The molecule has 0 heterocycles. The van der Waals surface area contributed by atoms with Gasteiger partial charge in [0.25, 0.3) is 0 Å². The molecule has 0 amide bonds. The molecule has 0 aliphatic heterocycles. The minimum atomic E-state index is 0.805. The van der Waals surface area contributed by atoms with Gasteiger partial charge in [-0.3, -0.25) is 0 Å². The summed E-state index contributed by atoms with van der Waals surface area (Å²) in [5.74, 6) is 0. The molecular formula is C5H8IN. The summed E-state index contributed by atoms with van der Waals surface area (Å²) in [6.07, 6.45) is 1.82. The molecule has 0 atom stereocenters. The van der Waals surface area contributed by atoms with Crippen LogP contribution in [0.5, 0.6) is 0 Å². The Labute approximate surface area is 57.4 Å². The Balaban J connectivity index is 3.68. The zero-order valence-electron chi connectivity index (χ0n) is 4.24. The quantitative estimate of drug-likeness (QED) is 0.517. The fourth-order valence-electron chi connectivity index (χ4n) is 0.247. The lowest BCUT2D eigenvalue weighted by molar-refractivity contribution is 1.32. The number of nitrogens with two attached hydrogens (primary N) is 1. The maximum atomic E-state index is 5.29. The Hall–Kier alpha value is 0.01000. The van der Waals surface area contributed by atoms with Crippen LogP contribution in [0.2, 0.25) is 0 Å². The van der Waals surface area contributed by atoms with Gasteiger partial charge < -0.3 is 5.73 Å². The summed E-state index contributed by atoms with van der Waals surface area (Å²) >= 11 is 2.11. The van der Waals surface area contributed by atoms with E-state index in [9.17, 15) is 0 Å². The lowest BCUT2D eigenvalue weighted by Crippen LogP contribution is -1.88. The normalized spacial score (nSPS) is 11.4. The Morgan fingerprint density at radius 2 is 2.29 bits per heavy atom. The summed E-state index contributed by atoms with van der Waals surface area (Å²) in [4.78, 5) is 0. The molecule has 0 unspecified atom stereocenters. The Morgan fingerprint density at radius 3 is 2.29 bits per heavy atom. The molecule has 7 heavy (non-hydrogen) atoms. The Kier molecular flexibility index (Phi) is 3.07. The lowest BCUT2D eigenvalue weighted by atomic mass is 10.4. The minimum Gasteiger partial charge on any atom is -0.402 e. The highest BCUT2D eigenvalue weighted by molar-refractivity contribution is 14.1. The largest absolute Gasteiger partial charge is 0.402 e. The van der Waals surface area contributed by atoms with Crippen LogP contribution in [0, 0.1) is 0 Å². The minimum absolute atomic E-state index is 0.805. The molecule has 0 aromatic rings. The van der Waals surface area contributed by atoms with Crippen LogP contribution >= 0.6 is 22.6 Å². The van der Waals surface area contributed by atoms with Crippen LogP contribution in [0.3, 0.4) is 0 Å². The van der Waals surface area contributed by atoms with Crippen LogP contribution < -0.4 is 5.73 Å². The second kappa shape index (κ2) is 3.07. The van der Waals surface area contributed by atoms with E-state index in [1.165, 1.54) is 0 Å². The van der Waals surface area contributed by atoms with Crippen molar-refractivity contribution in [3.63, 3.8) is 0 Å². The van der Waals surface area contributed by atoms with Crippen molar-refractivity contribution in [3.8, 4) is 0 Å². The van der Waals surface area contributed by atoms with E-state index in [0.717, 1.165) is 9.28 Å². The van der Waals surface area contributed by atoms with E-state index in [4.69, 9.17) is 5.73 Å². The SMILES string of the molecule is C=C(I)/C=C(\C)N.